The molecule has 1 aromatic heterocycles. The molecule has 2 rings (SSSR count). The minimum Gasteiger partial charge on any atom is -0.312 e. The maximum atomic E-state index is 12.9. The first-order valence-electron chi connectivity index (χ1n) is 5.24. The summed E-state index contributed by atoms with van der Waals surface area (Å²) in [4.78, 5) is 4.02. The summed E-state index contributed by atoms with van der Waals surface area (Å²) in [6, 6.07) is 4.69. The zero-order valence-corrected chi connectivity index (χ0v) is 10.7. The Morgan fingerprint density at radius 1 is 1.41 bits per heavy atom. The van der Waals surface area contributed by atoms with Gasteiger partial charge in [-0.15, -0.1) is 0 Å². The van der Waals surface area contributed by atoms with Crippen molar-refractivity contribution in [2.75, 3.05) is 6.54 Å². The number of aromatic nitrogens is 3. The molecular formula is C11H12BrFN4. The second kappa shape index (κ2) is 5.88. The van der Waals surface area contributed by atoms with Crippen LogP contribution in [-0.4, -0.2) is 21.7 Å². The van der Waals surface area contributed by atoms with Gasteiger partial charge in [0.05, 0.1) is 0 Å². The summed E-state index contributed by atoms with van der Waals surface area (Å²) in [5.41, 5.74) is 1.03. The molecule has 0 unspecified atom stereocenters. The lowest BCUT2D eigenvalue weighted by Crippen LogP contribution is -2.17. The highest BCUT2D eigenvalue weighted by Crippen LogP contribution is 2.17. The summed E-state index contributed by atoms with van der Waals surface area (Å²) in [6.07, 6.45) is 2.28. The first kappa shape index (κ1) is 12.2. The van der Waals surface area contributed by atoms with Gasteiger partial charge in [0.1, 0.15) is 18.0 Å². The van der Waals surface area contributed by atoms with Crippen molar-refractivity contribution in [1.29, 1.82) is 0 Å². The normalized spacial score (nSPS) is 10.7. The van der Waals surface area contributed by atoms with Crippen LogP contribution in [0, 0.1) is 5.82 Å². The van der Waals surface area contributed by atoms with E-state index < -0.39 is 0 Å². The molecule has 2 N–H and O–H groups in total. The predicted molar refractivity (Wildman–Crippen MR) is 65.9 cm³/mol. The molecule has 6 heteroatoms. The van der Waals surface area contributed by atoms with Gasteiger partial charge < -0.3 is 5.32 Å². The summed E-state index contributed by atoms with van der Waals surface area (Å²) < 4.78 is 13.6. The highest BCUT2D eigenvalue weighted by Gasteiger charge is 2.01. The van der Waals surface area contributed by atoms with Crippen molar-refractivity contribution in [1.82, 2.24) is 20.5 Å². The average molecular weight is 299 g/mol. The molecule has 0 fully saturated rings. The molecule has 0 aliphatic heterocycles. The van der Waals surface area contributed by atoms with Crippen molar-refractivity contribution in [3.05, 3.63) is 46.2 Å². The van der Waals surface area contributed by atoms with Crippen LogP contribution in [0.3, 0.4) is 0 Å². The molecule has 90 valence electrons. The van der Waals surface area contributed by atoms with Crippen LogP contribution in [0.1, 0.15) is 11.4 Å². The van der Waals surface area contributed by atoms with E-state index in [0.29, 0.717) is 6.54 Å². The Balaban J connectivity index is 1.78. The van der Waals surface area contributed by atoms with Crippen LogP contribution < -0.4 is 5.32 Å². The summed E-state index contributed by atoms with van der Waals surface area (Å²) in [7, 11) is 0. The SMILES string of the molecule is Fc1ccc(CNCCc2ncn[nH]2)c(Br)c1. The summed E-state index contributed by atoms with van der Waals surface area (Å²) in [5.74, 6) is 0.623. The lowest BCUT2D eigenvalue weighted by molar-refractivity contribution is 0.623. The zero-order valence-electron chi connectivity index (χ0n) is 9.08. The van der Waals surface area contributed by atoms with Gasteiger partial charge in [-0.3, -0.25) is 5.10 Å². The number of benzene rings is 1. The van der Waals surface area contributed by atoms with Crippen LogP contribution in [-0.2, 0) is 13.0 Å². The lowest BCUT2D eigenvalue weighted by Gasteiger charge is -2.06. The van der Waals surface area contributed by atoms with E-state index in [9.17, 15) is 4.39 Å². The van der Waals surface area contributed by atoms with Gasteiger partial charge in [0.25, 0.3) is 0 Å². The summed E-state index contributed by atoms with van der Waals surface area (Å²) >= 11 is 3.33. The van der Waals surface area contributed by atoms with Crippen LogP contribution in [0.25, 0.3) is 0 Å². The largest absolute Gasteiger partial charge is 0.312 e. The second-order valence-electron chi connectivity index (χ2n) is 3.59. The van der Waals surface area contributed by atoms with Crippen molar-refractivity contribution in [3.8, 4) is 0 Å². The Labute approximate surface area is 107 Å². The smallest absolute Gasteiger partial charge is 0.137 e. The number of nitrogens with zero attached hydrogens (tertiary/aromatic N) is 2. The van der Waals surface area contributed by atoms with E-state index in [4.69, 9.17) is 0 Å². The van der Waals surface area contributed by atoms with Gasteiger partial charge in [0, 0.05) is 24.0 Å². The molecule has 4 nitrogen and oxygen atoms in total. The second-order valence-corrected chi connectivity index (χ2v) is 4.45. The van der Waals surface area contributed by atoms with Crippen LogP contribution in [0.2, 0.25) is 0 Å². The maximum absolute atomic E-state index is 12.9. The van der Waals surface area contributed by atoms with Gasteiger partial charge in [0.2, 0.25) is 0 Å². The van der Waals surface area contributed by atoms with Gasteiger partial charge in [0.15, 0.2) is 0 Å². The topological polar surface area (TPSA) is 53.6 Å². The van der Waals surface area contributed by atoms with Crippen molar-refractivity contribution < 1.29 is 4.39 Å². The first-order valence-corrected chi connectivity index (χ1v) is 6.04. The molecule has 0 saturated heterocycles. The molecule has 0 aliphatic rings. The van der Waals surface area contributed by atoms with E-state index in [0.717, 1.165) is 28.8 Å². The van der Waals surface area contributed by atoms with Crippen LogP contribution in [0.5, 0.6) is 0 Å². The standard InChI is InChI=1S/C11H12BrFN4/c12-10-5-9(13)2-1-8(10)6-14-4-3-11-15-7-16-17-11/h1-2,5,7,14H,3-4,6H2,(H,15,16,17). The molecule has 0 amide bonds. The van der Waals surface area contributed by atoms with E-state index in [-0.39, 0.29) is 5.82 Å². The predicted octanol–water partition coefficient (Wildman–Crippen LogP) is 2.04. The molecule has 0 bridgehead atoms. The monoisotopic (exact) mass is 298 g/mol. The van der Waals surface area contributed by atoms with Crippen molar-refractivity contribution in [2.24, 2.45) is 0 Å². The van der Waals surface area contributed by atoms with E-state index in [1.54, 1.807) is 6.07 Å². The third-order valence-electron chi connectivity index (χ3n) is 2.33. The van der Waals surface area contributed by atoms with Crippen LogP contribution in [0.4, 0.5) is 4.39 Å². The van der Waals surface area contributed by atoms with E-state index >= 15 is 0 Å². The number of H-pyrrole nitrogens is 1. The molecule has 17 heavy (non-hydrogen) atoms. The molecule has 0 spiro atoms. The first-order chi connectivity index (χ1) is 8.25. The molecule has 0 saturated carbocycles. The molecular weight excluding hydrogens is 287 g/mol. The van der Waals surface area contributed by atoms with E-state index in [1.165, 1.54) is 18.5 Å². The fourth-order valence-corrected chi connectivity index (χ4v) is 1.94. The molecule has 1 heterocycles. The molecule has 0 radical (unpaired) electrons. The van der Waals surface area contributed by atoms with Gasteiger partial charge in [-0.2, -0.15) is 5.10 Å². The highest BCUT2D eigenvalue weighted by atomic mass is 79.9. The van der Waals surface area contributed by atoms with Crippen LogP contribution in [0.15, 0.2) is 29.0 Å². The van der Waals surface area contributed by atoms with E-state index in [1.807, 2.05) is 0 Å². The fourth-order valence-electron chi connectivity index (χ4n) is 1.45. The number of nitrogens with one attached hydrogen (secondary N) is 2. The van der Waals surface area contributed by atoms with Crippen LogP contribution >= 0.6 is 15.9 Å². The van der Waals surface area contributed by atoms with Gasteiger partial charge in [-0.25, -0.2) is 9.37 Å². The molecule has 0 atom stereocenters. The number of hydrogen-bond donors (Lipinski definition) is 2. The quantitative estimate of drug-likeness (QED) is 0.831. The van der Waals surface area contributed by atoms with Crippen molar-refractivity contribution in [3.63, 3.8) is 0 Å². The Bertz CT molecular complexity index is 472. The van der Waals surface area contributed by atoms with Gasteiger partial charge >= 0.3 is 0 Å². The molecule has 1 aromatic carbocycles. The lowest BCUT2D eigenvalue weighted by atomic mass is 10.2. The number of rotatable bonds is 5. The Kier molecular flexibility index (Phi) is 4.22. The third-order valence-corrected chi connectivity index (χ3v) is 3.07. The third kappa shape index (κ3) is 3.61. The van der Waals surface area contributed by atoms with Crippen molar-refractivity contribution >= 4 is 15.9 Å². The summed E-state index contributed by atoms with van der Waals surface area (Å²) in [5, 5.41) is 9.82. The Morgan fingerprint density at radius 3 is 3.00 bits per heavy atom. The Morgan fingerprint density at radius 2 is 2.29 bits per heavy atom. The van der Waals surface area contributed by atoms with E-state index in [2.05, 4.69) is 36.4 Å². The number of halogens is 2. The van der Waals surface area contributed by atoms with Crippen molar-refractivity contribution in [2.45, 2.75) is 13.0 Å². The fraction of sp³-hybridized carbons (Fsp3) is 0.273. The zero-order chi connectivity index (χ0) is 12.1. The van der Waals surface area contributed by atoms with Gasteiger partial charge in [-0.05, 0) is 17.7 Å². The molecule has 0 aliphatic carbocycles. The minimum atomic E-state index is -0.234. The number of aromatic amines is 1. The van der Waals surface area contributed by atoms with Gasteiger partial charge in [-0.1, -0.05) is 22.0 Å². The maximum Gasteiger partial charge on any atom is 0.137 e. The Hall–Kier alpha value is -1.27. The highest BCUT2D eigenvalue weighted by molar-refractivity contribution is 9.10. The minimum absolute atomic E-state index is 0.234. The molecule has 2 aromatic rings. The summed E-state index contributed by atoms with van der Waals surface area (Å²) in [6.45, 7) is 1.48. The number of hydrogen-bond acceptors (Lipinski definition) is 3. The average Bonchev–Trinajstić information content (AvgIpc) is 2.79.